The number of hydrogen-bond acceptors (Lipinski definition) is 7. The molecule has 220 valence electrons. The molecule has 0 spiro atoms. The minimum Gasteiger partial charge on any atom is -0.480 e. The lowest BCUT2D eigenvalue weighted by Gasteiger charge is -2.13. The van der Waals surface area contributed by atoms with E-state index >= 15 is 0 Å². The highest BCUT2D eigenvalue weighted by Gasteiger charge is 2.21. The van der Waals surface area contributed by atoms with Crippen molar-refractivity contribution in [1.82, 2.24) is 40.8 Å². The summed E-state index contributed by atoms with van der Waals surface area (Å²) in [5.74, 6) is -0.596. The average Bonchev–Trinajstić information content (AvgIpc) is 3.62. The molecule has 42 heavy (non-hydrogen) atoms. The molecule has 2 aromatic heterocycles. The van der Waals surface area contributed by atoms with Gasteiger partial charge in [0.05, 0.1) is 18.8 Å². The van der Waals surface area contributed by atoms with Crippen LogP contribution in [0.5, 0.6) is 0 Å². The smallest absolute Gasteiger partial charge is 0.326 e. The van der Waals surface area contributed by atoms with E-state index in [1.54, 1.807) is 0 Å². The SMILES string of the molecule is CCCCc1nc(CNC(=O)CC[C@H](NC(C)=O)C(=O)O)c(Cl)n1Cc1ccc(-c2ccccc2-c2nnn[nH]2)cc1. The van der Waals surface area contributed by atoms with Crippen molar-refractivity contribution >= 4 is 29.4 Å². The second-order valence-electron chi connectivity index (χ2n) is 9.85. The van der Waals surface area contributed by atoms with Crippen LogP contribution in [0.3, 0.4) is 0 Å². The number of imidazole rings is 1. The normalized spacial score (nSPS) is 11.7. The molecule has 0 aliphatic carbocycles. The highest BCUT2D eigenvalue weighted by atomic mass is 35.5. The zero-order chi connectivity index (χ0) is 30.1. The molecule has 0 radical (unpaired) electrons. The highest BCUT2D eigenvalue weighted by Crippen LogP contribution is 2.30. The van der Waals surface area contributed by atoms with E-state index in [1.807, 2.05) is 53.1 Å². The summed E-state index contributed by atoms with van der Waals surface area (Å²) in [6.07, 6.45) is 2.56. The number of carboxylic acid groups (broad SMARTS) is 1. The number of rotatable bonds is 14. The van der Waals surface area contributed by atoms with Gasteiger partial charge in [0.2, 0.25) is 11.8 Å². The van der Waals surface area contributed by atoms with Crippen LogP contribution in [0.4, 0.5) is 0 Å². The molecule has 4 N–H and O–H groups in total. The molecule has 0 fully saturated rings. The summed E-state index contributed by atoms with van der Waals surface area (Å²) in [6.45, 7) is 3.95. The zero-order valence-corrected chi connectivity index (χ0v) is 24.2. The quantitative estimate of drug-likeness (QED) is 0.172. The number of aliphatic carboxylic acids is 1. The lowest BCUT2D eigenvalue weighted by molar-refractivity contribution is -0.141. The van der Waals surface area contributed by atoms with Gasteiger partial charge in [-0.05, 0) is 40.0 Å². The Hall–Kier alpha value is -4.58. The lowest BCUT2D eigenvalue weighted by Crippen LogP contribution is -2.40. The third kappa shape index (κ3) is 7.78. The van der Waals surface area contributed by atoms with Gasteiger partial charge >= 0.3 is 5.97 Å². The molecular formula is C29H33ClN8O4. The van der Waals surface area contributed by atoms with E-state index in [1.165, 1.54) is 6.92 Å². The number of H-pyrrole nitrogens is 1. The van der Waals surface area contributed by atoms with Gasteiger partial charge in [-0.25, -0.2) is 14.9 Å². The fourth-order valence-corrected chi connectivity index (χ4v) is 4.83. The third-order valence-electron chi connectivity index (χ3n) is 6.73. The first kappa shape index (κ1) is 30.4. The molecule has 0 saturated heterocycles. The summed E-state index contributed by atoms with van der Waals surface area (Å²) < 4.78 is 1.96. The number of carboxylic acids is 1. The molecule has 0 aliphatic rings. The first-order chi connectivity index (χ1) is 20.3. The van der Waals surface area contributed by atoms with Gasteiger partial charge in [0.1, 0.15) is 17.0 Å². The van der Waals surface area contributed by atoms with Crippen molar-refractivity contribution in [1.29, 1.82) is 0 Å². The number of benzene rings is 2. The maximum atomic E-state index is 12.4. The van der Waals surface area contributed by atoms with Crippen molar-refractivity contribution in [2.45, 2.75) is 65.1 Å². The molecule has 1 atom stereocenters. The number of nitrogens with zero attached hydrogens (tertiary/aromatic N) is 5. The topological polar surface area (TPSA) is 168 Å². The number of aryl methyl sites for hydroxylation is 1. The van der Waals surface area contributed by atoms with Crippen molar-refractivity contribution < 1.29 is 19.5 Å². The largest absolute Gasteiger partial charge is 0.480 e. The molecule has 2 amide bonds. The Balaban J connectivity index is 1.46. The zero-order valence-electron chi connectivity index (χ0n) is 23.4. The van der Waals surface area contributed by atoms with Gasteiger partial charge < -0.3 is 20.3 Å². The fourth-order valence-electron chi connectivity index (χ4n) is 4.57. The van der Waals surface area contributed by atoms with Crippen LogP contribution < -0.4 is 10.6 Å². The highest BCUT2D eigenvalue weighted by molar-refractivity contribution is 6.30. The van der Waals surface area contributed by atoms with E-state index in [0.717, 1.165) is 47.3 Å². The van der Waals surface area contributed by atoms with Crippen molar-refractivity contribution in [2.75, 3.05) is 0 Å². The Morgan fingerprint density at radius 3 is 2.48 bits per heavy atom. The van der Waals surface area contributed by atoms with Gasteiger partial charge in [-0.15, -0.1) is 5.10 Å². The maximum absolute atomic E-state index is 12.4. The summed E-state index contributed by atoms with van der Waals surface area (Å²) in [7, 11) is 0. The van der Waals surface area contributed by atoms with Gasteiger partial charge in [-0.3, -0.25) is 9.59 Å². The van der Waals surface area contributed by atoms with Gasteiger partial charge in [-0.1, -0.05) is 73.5 Å². The van der Waals surface area contributed by atoms with Gasteiger partial charge in [0, 0.05) is 25.3 Å². The summed E-state index contributed by atoms with van der Waals surface area (Å²) in [6, 6.07) is 14.9. The van der Waals surface area contributed by atoms with Crippen LogP contribution in [-0.4, -0.2) is 59.1 Å². The van der Waals surface area contributed by atoms with Gasteiger partial charge in [0.25, 0.3) is 0 Å². The van der Waals surface area contributed by atoms with Crippen molar-refractivity contribution in [3.05, 3.63) is 70.8 Å². The van der Waals surface area contributed by atoms with Crippen LogP contribution in [-0.2, 0) is 33.9 Å². The van der Waals surface area contributed by atoms with Crippen LogP contribution in [0, 0.1) is 0 Å². The molecule has 0 bridgehead atoms. The van der Waals surface area contributed by atoms with E-state index in [0.29, 0.717) is 23.2 Å². The summed E-state index contributed by atoms with van der Waals surface area (Å²) in [5, 5.41) is 29.0. The minimum atomic E-state index is -1.19. The lowest BCUT2D eigenvalue weighted by atomic mass is 9.98. The molecule has 13 heteroatoms. The van der Waals surface area contributed by atoms with E-state index < -0.39 is 17.9 Å². The number of tetrazole rings is 1. The van der Waals surface area contributed by atoms with E-state index in [9.17, 15) is 19.5 Å². The number of halogens is 1. The maximum Gasteiger partial charge on any atom is 0.326 e. The molecule has 0 saturated carbocycles. The monoisotopic (exact) mass is 592 g/mol. The minimum absolute atomic E-state index is 0.0274. The van der Waals surface area contributed by atoms with E-state index in [-0.39, 0.29) is 25.3 Å². The number of aromatic amines is 1. The Morgan fingerprint density at radius 2 is 1.83 bits per heavy atom. The van der Waals surface area contributed by atoms with Crippen molar-refractivity contribution in [2.24, 2.45) is 0 Å². The average molecular weight is 593 g/mol. The number of carbonyl (C=O) groups excluding carboxylic acids is 2. The first-order valence-electron chi connectivity index (χ1n) is 13.7. The van der Waals surface area contributed by atoms with Crippen molar-refractivity contribution in [3.63, 3.8) is 0 Å². The number of aromatic nitrogens is 6. The second-order valence-corrected chi connectivity index (χ2v) is 10.2. The van der Waals surface area contributed by atoms with Gasteiger partial charge in [0.15, 0.2) is 5.82 Å². The second kappa shape index (κ2) is 14.4. The number of amides is 2. The molecule has 2 aromatic carbocycles. The fraction of sp³-hybridized carbons (Fsp3) is 0.345. The van der Waals surface area contributed by atoms with Crippen LogP contribution in [0.25, 0.3) is 22.5 Å². The molecule has 12 nitrogen and oxygen atoms in total. The summed E-state index contributed by atoms with van der Waals surface area (Å²) in [5.41, 5.74) is 4.48. The molecule has 2 heterocycles. The third-order valence-corrected chi connectivity index (χ3v) is 7.15. The Bertz CT molecular complexity index is 1520. The number of nitrogens with one attached hydrogen (secondary N) is 3. The summed E-state index contributed by atoms with van der Waals surface area (Å²) >= 11 is 6.77. The van der Waals surface area contributed by atoms with Crippen molar-refractivity contribution in [3.8, 4) is 22.5 Å². The number of hydrogen-bond donors (Lipinski definition) is 4. The molecule has 4 rings (SSSR count). The molecule has 0 aliphatic heterocycles. The van der Waals surface area contributed by atoms with E-state index in [4.69, 9.17) is 16.6 Å². The predicted molar refractivity (Wildman–Crippen MR) is 156 cm³/mol. The predicted octanol–water partition coefficient (Wildman–Crippen LogP) is 3.76. The number of unbranched alkanes of at least 4 members (excludes halogenated alkanes) is 1. The first-order valence-corrected chi connectivity index (χ1v) is 14.1. The molecular weight excluding hydrogens is 560 g/mol. The van der Waals surface area contributed by atoms with Crippen LogP contribution in [0.1, 0.15) is 56.6 Å². The number of carbonyl (C=O) groups is 3. The Morgan fingerprint density at radius 1 is 1.10 bits per heavy atom. The van der Waals surface area contributed by atoms with Crippen LogP contribution >= 0.6 is 11.6 Å². The Labute approximate surface area is 247 Å². The standard InChI is InChI=1S/C29H33ClN8O4/c1-3-4-9-25-33-24(16-31-26(40)15-14-23(29(41)42)32-18(2)39)27(30)38(25)17-19-10-12-20(13-11-19)21-7-5-6-8-22(21)28-34-36-37-35-28/h5-8,10-13,23H,3-4,9,14-17H2,1-2H3,(H,31,40)(H,32,39)(H,41,42)(H,34,35,36,37)/t23-/m0/s1. The van der Waals surface area contributed by atoms with E-state index in [2.05, 4.69) is 38.2 Å². The molecule has 0 unspecified atom stereocenters. The molecule has 4 aromatic rings. The van der Waals surface area contributed by atoms with Crippen LogP contribution in [0.2, 0.25) is 5.15 Å². The van der Waals surface area contributed by atoms with Crippen LogP contribution in [0.15, 0.2) is 48.5 Å². The van der Waals surface area contributed by atoms with Gasteiger partial charge in [-0.2, -0.15) is 0 Å². The Kier molecular flexibility index (Phi) is 10.4. The summed E-state index contributed by atoms with van der Waals surface area (Å²) in [4.78, 5) is 39.7.